The summed E-state index contributed by atoms with van der Waals surface area (Å²) in [5.74, 6) is 0. The maximum absolute atomic E-state index is 11.9. The average molecular weight is 221 g/mol. The van der Waals surface area contributed by atoms with Crippen LogP contribution in [-0.4, -0.2) is 21.2 Å². The average Bonchev–Trinajstić information content (AvgIpc) is 2.45. The molecule has 0 spiro atoms. The van der Waals surface area contributed by atoms with E-state index < -0.39 is 12.6 Å². The fraction of sp³-hybridized carbons (Fsp3) is 0.778. The summed E-state index contributed by atoms with van der Waals surface area (Å²) < 4.78 is 35.7. The zero-order valence-corrected chi connectivity index (χ0v) is 8.97. The van der Waals surface area contributed by atoms with E-state index in [1.54, 1.807) is 0 Å². The maximum Gasteiger partial charge on any atom is 0.390 e. The summed E-state index contributed by atoms with van der Waals surface area (Å²) in [4.78, 5) is 1.09. The lowest BCUT2D eigenvalue weighted by molar-refractivity contribution is -0.137. The highest BCUT2D eigenvalue weighted by Gasteiger charge is 2.27. The number of rotatable bonds is 2. The summed E-state index contributed by atoms with van der Waals surface area (Å²) in [5.41, 5.74) is 0.515. The van der Waals surface area contributed by atoms with Crippen molar-refractivity contribution in [3.63, 3.8) is 0 Å². The Morgan fingerprint density at radius 3 is 2.27 bits per heavy atom. The lowest BCUT2D eigenvalue weighted by Gasteiger charge is -2.13. The van der Waals surface area contributed by atoms with E-state index in [1.807, 2.05) is 20.8 Å². The van der Waals surface area contributed by atoms with Gasteiger partial charge in [0.1, 0.15) is 0 Å². The quantitative estimate of drug-likeness (QED) is 0.768. The normalized spacial score (nSPS) is 13.2. The minimum atomic E-state index is -4.16. The third-order valence-corrected chi connectivity index (χ3v) is 1.90. The van der Waals surface area contributed by atoms with E-state index >= 15 is 0 Å². The minimum Gasteiger partial charge on any atom is -0.184 e. The zero-order valence-electron chi connectivity index (χ0n) is 8.97. The molecule has 0 atom stereocenters. The maximum atomic E-state index is 11.9. The molecular weight excluding hydrogens is 207 g/mol. The second kappa shape index (κ2) is 3.83. The fourth-order valence-electron chi connectivity index (χ4n) is 0.975. The van der Waals surface area contributed by atoms with Crippen LogP contribution in [0, 0.1) is 0 Å². The Hall–Kier alpha value is -1.07. The summed E-state index contributed by atoms with van der Waals surface area (Å²) in [7, 11) is 0. The lowest BCUT2D eigenvalue weighted by atomic mass is 9.93. The van der Waals surface area contributed by atoms with E-state index in [1.165, 1.54) is 6.20 Å². The van der Waals surface area contributed by atoms with E-state index in [2.05, 4.69) is 10.2 Å². The number of hydrogen-bond acceptors (Lipinski definition) is 2. The van der Waals surface area contributed by atoms with E-state index in [0.717, 1.165) is 4.80 Å². The van der Waals surface area contributed by atoms with Crippen LogP contribution in [0.3, 0.4) is 0 Å². The van der Waals surface area contributed by atoms with Gasteiger partial charge in [0.15, 0.2) is 0 Å². The molecule has 0 N–H and O–H groups in total. The molecule has 0 bridgehead atoms. The molecular formula is C9H14F3N3. The molecule has 15 heavy (non-hydrogen) atoms. The van der Waals surface area contributed by atoms with Gasteiger partial charge in [-0.15, -0.1) is 0 Å². The van der Waals surface area contributed by atoms with Crippen LogP contribution in [0.5, 0.6) is 0 Å². The Balaban J connectivity index is 2.62. The number of nitrogens with zero attached hydrogens (tertiary/aromatic N) is 3. The zero-order chi connectivity index (χ0) is 11.7. The molecule has 1 aromatic heterocycles. The highest BCUT2D eigenvalue weighted by atomic mass is 19.4. The SMILES string of the molecule is CC(C)(C)c1cnn(CCC(F)(F)F)n1. The van der Waals surface area contributed by atoms with Crippen LogP contribution in [0.4, 0.5) is 13.2 Å². The van der Waals surface area contributed by atoms with Crippen LogP contribution < -0.4 is 0 Å². The Morgan fingerprint density at radius 1 is 1.27 bits per heavy atom. The molecule has 0 saturated carbocycles. The topological polar surface area (TPSA) is 30.7 Å². The first-order valence-electron chi connectivity index (χ1n) is 4.66. The molecule has 6 heteroatoms. The molecule has 0 unspecified atom stereocenters. The molecule has 86 valence electrons. The first kappa shape index (κ1) is 12.0. The van der Waals surface area contributed by atoms with Crippen molar-refractivity contribution in [2.24, 2.45) is 0 Å². The fourth-order valence-corrected chi connectivity index (χ4v) is 0.975. The first-order chi connectivity index (χ1) is 6.68. The molecule has 0 aliphatic carbocycles. The molecule has 1 rings (SSSR count). The van der Waals surface area contributed by atoms with Crippen molar-refractivity contribution in [2.45, 2.75) is 45.3 Å². The summed E-state index contributed by atoms with van der Waals surface area (Å²) in [6.45, 7) is 5.58. The molecule has 0 amide bonds. The van der Waals surface area contributed by atoms with E-state index in [4.69, 9.17) is 0 Å². The number of aryl methyl sites for hydroxylation is 1. The number of halogens is 3. The van der Waals surface area contributed by atoms with Crippen molar-refractivity contribution in [3.05, 3.63) is 11.9 Å². The van der Waals surface area contributed by atoms with Crippen molar-refractivity contribution < 1.29 is 13.2 Å². The molecule has 0 aliphatic rings. The van der Waals surface area contributed by atoms with Crippen LogP contribution >= 0.6 is 0 Å². The van der Waals surface area contributed by atoms with Crippen molar-refractivity contribution in [2.75, 3.05) is 0 Å². The van der Waals surface area contributed by atoms with Gasteiger partial charge in [0, 0.05) is 5.41 Å². The van der Waals surface area contributed by atoms with Gasteiger partial charge < -0.3 is 0 Å². The van der Waals surface area contributed by atoms with E-state index in [9.17, 15) is 13.2 Å². The summed E-state index contributed by atoms with van der Waals surface area (Å²) in [6.07, 6.45) is -3.54. The Bertz CT molecular complexity index is 322. The van der Waals surface area contributed by atoms with Gasteiger partial charge in [-0.25, -0.2) is 0 Å². The van der Waals surface area contributed by atoms with Gasteiger partial charge in [-0.05, 0) is 0 Å². The first-order valence-corrected chi connectivity index (χ1v) is 4.66. The van der Waals surface area contributed by atoms with Crippen LogP contribution in [-0.2, 0) is 12.0 Å². The molecule has 1 heterocycles. The molecule has 0 saturated heterocycles. The Labute approximate surface area is 86.3 Å². The largest absolute Gasteiger partial charge is 0.390 e. The number of alkyl halides is 3. The van der Waals surface area contributed by atoms with E-state index in [-0.39, 0.29) is 12.0 Å². The van der Waals surface area contributed by atoms with Crippen LogP contribution in [0.25, 0.3) is 0 Å². The highest BCUT2D eigenvalue weighted by Crippen LogP contribution is 2.21. The Morgan fingerprint density at radius 2 is 1.87 bits per heavy atom. The predicted octanol–water partition coefficient (Wildman–Crippen LogP) is 2.53. The molecule has 0 radical (unpaired) electrons. The van der Waals surface area contributed by atoms with Gasteiger partial charge in [0.25, 0.3) is 0 Å². The Kier molecular flexibility index (Phi) is 3.06. The summed E-state index contributed by atoms with van der Waals surface area (Å²) >= 11 is 0. The second-order valence-corrected chi connectivity index (χ2v) is 4.44. The lowest BCUT2D eigenvalue weighted by Crippen LogP contribution is -2.16. The van der Waals surface area contributed by atoms with Crippen molar-refractivity contribution in [1.82, 2.24) is 15.0 Å². The monoisotopic (exact) mass is 221 g/mol. The minimum absolute atomic E-state index is 0.184. The number of aromatic nitrogens is 3. The van der Waals surface area contributed by atoms with Gasteiger partial charge in [-0.2, -0.15) is 28.2 Å². The molecule has 1 aromatic rings. The van der Waals surface area contributed by atoms with Crippen molar-refractivity contribution in [1.29, 1.82) is 0 Å². The predicted molar refractivity (Wildman–Crippen MR) is 49.4 cm³/mol. The van der Waals surface area contributed by atoms with Gasteiger partial charge >= 0.3 is 6.18 Å². The third kappa shape index (κ3) is 3.89. The van der Waals surface area contributed by atoms with Crippen LogP contribution in [0.1, 0.15) is 32.9 Å². The summed E-state index contributed by atoms with van der Waals surface area (Å²) in [5, 5.41) is 7.78. The molecule has 0 fully saturated rings. The second-order valence-electron chi connectivity index (χ2n) is 4.44. The third-order valence-electron chi connectivity index (χ3n) is 1.90. The van der Waals surface area contributed by atoms with Gasteiger partial charge in [0.05, 0.1) is 24.9 Å². The molecule has 0 aromatic carbocycles. The smallest absolute Gasteiger partial charge is 0.184 e. The van der Waals surface area contributed by atoms with Gasteiger partial charge in [-0.1, -0.05) is 20.8 Å². The van der Waals surface area contributed by atoms with Crippen LogP contribution in [0.15, 0.2) is 6.20 Å². The van der Waals surface area contributed by atoms with Crippen LogP contribution in [0.2, 0.25) is 0 Å². The highest BCUT2D eigenvalue weighted by molar-refractivity contribution is 5.05. The standard InChI is InChI=1S/C9H14F3N3/c1-8(2,3)7-6-13-15(14-7)5-4-9(10,11)12/h6H,4-5H2,1-3H3. The molecule has 3 nitrogen and oxygen atoms in total. The number of hydrogen-bond donors (Lipinski definition) is 0. The van der Waals surface area contributed by atoms with E-state index in [0.29, 0.717) is 5.69 Å². The van der Waals surface area contributed by atoms with Gasteiger partial charge in [-0.3, -0.25) is 0 Å². The molecule has 0 aliphatic heterocycles. The van der Waals surface area contributed by atoms with Crippen molar-refractivity contribution in [3.8, 4) is 0 Å². The van der Waals surface area contributed by atoms with Crippen molar-refractivity contribution >= 4 is 0 Å². The summed E-state index contributed by atoms with van der Waals surface area (Å²) in [6, 6.07) is 0. The van der Waals surface area contributed by atoms with Gasteiger partial charge in [0.2, 0.25) is 0 Å².